The molecule has 2 aliphatic heterocycles. The van der Waals surface area contributed by atoms with Gasteiger partial charge in [0.2, 0.25) is 5.91 Å². The van der Waals surface area contributed by atoms with Crippen molar-refractivity contribution in [3.8, 4) is 0 Å². The Bertz CT molecular complexity index is 287. The Morgan fingerprint density at radius 3 is 2.77 bits per heavy atom. The predicted octanol–water partition coefficient (Wildman–Crippen LogP) is -3.98. The van der Waals surface area contributed by atoms with Crippen LogP contribution in [0.3, 0.4) is 0 Å². The van der Waals surface area contributed by atoms with Crippen LogP contribution in [0, 0.1) is 0 Å². The van der Waals surface area contributed by atoms with Gasteiger partial charge < -0.3 is 14.8 Å². The molecule has 64 valence electrons. The molecular weight excluding hydrogens is 181 g/mol. The van der Waals surface area contributed by atoms with Crippen LogP contribution < -0.4 is 34.7 Å². The van der Waals surface area contributed by atoms with Gasteiger partial charge >= 0.3 is 29.6 Å². The molecule has 5 heteroatoms. The van der Waals surface area contributed by atoms with Crippen LogP contribution in [0.5, 0.6) is 0 Å². The summed E-state index contributed by atoms with van der Waals surface area (Å²) in [5.41, 5.74) is 0.0579. The third-order valence-electron chi connectivity index (χ3n) is 2.35. The fourth-order valence-corrected chi connectivity index (χ4v) is 1.74. The van der Waals surface area contributed by atoms with Crippen molar-refractivity contribution in [2.24, 2.45) is 0 Å². The summed E-state index contributed by atoms with van der Waals surface area (Å²) in [6.07, 6.45) is 3.66. The number of hydrogen-bond donors (Lipinski definition) is 0. The van der Waals surface area contributed by atoms with Crippen LogP contribution in [0.4, 0.5) is 0 Å². The first-order valence-corrected chi connectivity index (χ1v) is 3.93. The summed E-state index contributed by atoms with van der Waals surface area (Å²) < 4.78 is 0. The fraction of sp³-hybridized carbons (Fsp3) is 0.500. The summed E-state index contributed by atoms with van der Waals surface area (Å²) in [4.78, 5) is 22.8. The van der Waals surface area contributed by atoms with E-state index >= 15 is 0 Å². The van der Waals surface area contributed by atoms with Crippen molar-refractivity contribution in [1.82, 2.24) is 4.90 Å². The number of fused-ring (bicyclic) bond motifs is 1. The number of allylic oxidation sites excluding steroid dienone is 1. The average molecular weight is 189 g/mol. The van der Waals surface area contributed by atoms with Crippen LogP contribution in [0.15, 0.2) is 11.8 Å². The van der Waals surface area contributed by atoms with Gasteiger partial charge in [0.1, 0.15) is 0 Å². The number of aliphatic carboxylic acids is 1. The van der Waals surface area contributed by atoms with Crippen molar-refractivity contribution in [3.63, 3.8) is 0 Å². The van der Waals surface area contributed by atoms with Gasteiger partial charge in [-0.1, -0.05) is 6.08 Å². The molecule has 13 heavy (non-hydrogen) atoms. The number of amides is 1. The van der Waals surface area contributed by atoms with Crippen molar-refractivity contribution < 1.29 is 44.3 Å². The van der Waals surface area contributed by atoms with E-state index in [-0.39, 0.29) is 47.2 Å². The number of carbonyl (C=O) groups excluding carboxylic acids is 2. The van der Waals surface area contributed by atoms with Crippen molar-refractivity contribution in [3.05, 3.63) is 11.8 Å². The minimum atomic E-state index is -1.24. The van der Waals surface area contributed by atoms with E-state index in [9.17, 15) is 14.7 Å². The normalized spacial score (nSPS) is 25.2. The van der Waals surface area contributed by atoms with Crippen molar-refractivity contribution in [1.29, 1.82) is 0 Å². The largest absolute Gasteiger partial charge is 1.00 e. The second kappa shape index (κ2) is 3.82. The Hall–Kier alpha value is -0.320. The minimum absolute atomic E-state index is 0. The van der Waals surface area contributed by atoms with Gasteiger partial charge in [0.05, 0.1) is 11.7 Å². The van der Waals surface area contributed by atoms with E-state index in [4.69, 9.17) is 0 Å². The van der Waals surface area contributed by atoms with Crippen molar-refractivity contribution >= 4 is 11.9 Å². The maximum Gasteiger partial charge on any atom is 1.00 e. The van der Waals surface area contributed by atoms with Crippen molar-refractivity contribution in [2.45, 2.75) is 25.3 Å². The molecule has 0 bridgehead atoms. The Labute approximate surface area is 97.9 Å². The molecular formula is C8H8NNaO3. The van der Waals surface area contributed by atoms with E-state index in [2.05, 4.69) is 0 Å². The molecule has 1 unspecified atom stereocenters. The zero-order chi connectivity index (χ0) is 8.72. The van der Waals surface area contributed by atoms with Crippen LogP contribution in [-0.2, 0) is 9.59 Å². The molecule has 0 aromatic heterocycles. The Balaban J connectivity index is 0.000000845. The molecule has 0 saturated carbocycles. The SMILES string of the molecule is O=C([O-])C1=CCCC2CC(=O)N12.[Na+]. The molecule has 0 aliphatic carbocycles. The third kappa shape index (κ3) is 1.66. The Morgan fingerprint density at radius 1 is 1.62 bits per heavy atom. The smallest absolute Gasteiger partial charge is 0.543 e. The quantitative estimate of drug-likeness (QED) is 0.312. The number of hydrogen-bond acceptors (Lipinski definition) is 3. The zero-order valence-electron chi connectivity index (χ0n) is 7.45. The summed E-state index contributed by atoms with van der Waals surface area (Å²) in [5.74, 6) is -1.34. The van der Waals surface area contributed by atoms with E-state index in [0.717, 1.165) is 12.8 Å². The summed E-state index contributed by atoms with van der Waals surface area (Å²) in [7, 11) is 0. The first-order valence-electron chi connectivity index (χ1n) is 3.93. The van der Waals surface area contributed by atoms with Crippen LogP contribution in [0.2, 0.25) is 0 Å². The molecule has 1 amide bonds. The fourth-order valence-electron chi connectivity index (χ4n) is 1.74. The predicted molar refractivity (Wildman–Crippen MR) is 37.6 cm³/mol. The van der Waals surface area contributed by atoms with E-state index < -0.39 is 5.97 Å². The molecule has 4 nitrogen and oxygen atoms in total. The van der Waals surface area contributed by atoms with Crippen LogP contribution in [-0.4, -0.2) is 22.8 Å². The van der Waals surface area contributed by atoms with Gasteiger partial charge in [0.25, 0.3) is 0 Å². The standard InChI is InChI=1S/C8H9NO3.Na/c10-7-4-5-2-1-3-6(8(11)12)9(5)7;/h3,5H,1-2,4H2,(H,11,12);/q;+1/p-1. The Morgan fingerprint density at radius 2 is 2.31 bits per heavy atom. The van der Waals surface area contributed by atoms with Gasteiger partial charge in [-0.05, 0) is 12.8 Å². The average Bonchev–Trinajstić information content (AvgIpc) is 2.01. The van der Waals surface area contributed by atoms with Crippen molar-refractivity contribution in [2.75, 3.05) is 0 Å². The maximum atomic E-state index is 11.0. The second-order valence-electron chi connectivity index (χ2n) is 3.08. The number of carboxylic acids is 1. The number of nitrogens with zero attached hydrogens (tertiary/aromatic N) is 1. The van der Waals surface area contributed by atoms with Crippen LogP contribution in [0.25, 0.3) is 0 Å². The second-order valence-corrected chi connectivity index (χ2v) is 3.08. The molecule has 2 heterocycles. The number of rotatable bonds is 1. The van der Waals surface area contributed by atoms with E-state index in [1.165, 1.54) is 4.90 Å². The molecule has 1 saturated heterocycles. The van der Waals surface area contributed by atoms with Gasteiger partial charge in [-0.3, -0.25) is 4.79 Å². The number of carbonyl (C=O) groups is 2. The van der Waals surface area contributed by atoms with Gasteiger partial charge in [0, 0.05) is 12.5 Å². The van der Waals surface area contributed by atoms with Gasteiger partial charge in [-0.15, -0.1) is 0 Å². The van der Waals surface area contributed by atoms with Crippen LogP contribution in [0.1, 0.15) is 19.3 Å². The van der Waals surface area contributed by atoms with E-state index in [1.807, 2.05) is 0 Å². The third-order valence-corrected chi connectivity index (χ3v) is 2.35. The molecule has 0 aromatic carbocycles. The summed E-state index contributed by atoms with van der Waals surface area (Å²) in [5, 5.41) is 10.5. The van der Waals surface area contributed by atoms with Gasteiger partial charge in [-0.25, -0.2) is 0 Å². The Kier molecular flexibility index (Phi) is 3.16. The maximum absolute atomic E-state index is 11.0. The summed E-state index contributed by atoms with van der Waals surface area (Å²) in [6.45, 7) is 0. The monoisotopic (exact) mass is 189 g/mol. The molecule has 1 atom stereocenters. The number of carboxylic acid groups (broad SMARTS) is 1. The molecule has 0 radical (unpaired) electrons. The molecule has 0 N–H and O–H groups in total. The number of β-lactam (4-membered cyclic amide) rings is 1. The summed E-state index contributed by atoms with van der Waals surface area (Å²) in [6, 6.07) is 0.121. The molecule has 2 rings (SSSR count). The molecule has 0 spiro atoms. The first-order chi connectivity index (χ1) is 5.70. The van der Waals surface area contributed by atoms with Gasteiger partial charge in [0.15, 0.2) is 0 Å². The van der Waals surface area contributed by atoms with Crippen LogP contribution >= 0.6 is 0 Å². The topological polar surface area (TPSA) is 60.4 Å². The summed E-state index contributed by atoms with van der Waals surface area (Å²) >= 11 is 0. The van der Waals surface area contributed by atoms with E-state index in [0.29, 0.717) is 6.42 Å². The first kappa shape index (κ1) is 10.8. The minimum Gasteiger partial charge on any atom is -0.543 e. The molecule has 1 fully saturated rings. The van der Waals surface area contributed by atoms with Gasteiger partial charge in [-0.2, -0.15) is 0 Å². The molecule has 0 aromatic rings. The molecule has 2 aliphatic rings. The van der Waals surface area contributed by atoms with E-state index in [1.54, 1.807) is 6.08 Å². The zero-order valence-corrected chi connectivity index (χ0v) is 9.45.